The van der Waals surface area contributed by atoms with Crippen molar-refractivity contribution in [2.45, 2.75) is 78.6 Å². The second-order valence-electron chi connectivity index (χ2n) is 6.22. The molecule has 0 saturated heterocycles. The van der Waals surface area contributed by atoms with Gasteiger partial charge in [0, 0.05) is 12.2 Å². The molecule has 0 fully saturated rings. The van der Waals surface area contributed by atoms with Gasteiger partial charge in [-0.15, -0.1) is 0 Å². The molecule has 0 heterocycles. The number of hydrogen-bond donors (Lipinski definition) is 0. The minimum Gasteiger partial charge on any atom is -0.463 e. The average Bonchev–Trinajstić information content (AvgIpc) is 2.63. The molecule has 1 atom stereocenters. The Morgan fingerprint density at radius 1 is 0.840 bits per heavy atom. The van der Waals surface area contributed by atoms with Crippen LogP contribution in [0.5, 0.6) is 0 Å². The summed E-state index contributed by atoms with van der Waals surface area (Å²) in [6.45, 7) is 14.2. The van der Waals surface area contributed by atoms with Crippen molar-refractivity contribution in [3.05, 3.63) is 25.3 Å². The van der Waals surface area contributed by atoms with E-state index in [4.69, 9.17) is 9.47 Å². The molecule has 4 nitrogen and oxygen atoms in total. The number of carbonyl (C=O) groups excluding carboxylic acids is 2. The molecule has 0 N–H and O–H groups in total. The van der Waals surface area contributed by atoms with Gasteiger partial charge in [-0.25, -0.2) is 9.59 Å². The summed E-state index contributed by atoms with van der Waals surface area (Å²) in [4.78, 5) is 21.3. The predicted octanol–water partition coefficient (Wildman–Crippen LogP) is 5.62. The highest BCUT2D eigenvalue weighted by Crippen LogP contribution is 2.07. The van der Waals surface area contributed by atoms with E-state index in [1.807, 2.05) is 0 Å². The van der Waals surface area contributed by atoms with Gasteiger partial charge in [0.1, 0.15) is 0 Å². The van der Waals surface area contributed by atoms with Gasteiger partial charge in [-0.05, 0) is 18.8 Å². The Morgan fingerprint density at radius 3 is 1.92 bits per heavy atom. The maximum Gasteiger partial charge on any atom is 0.330 e. The lowest BCUT2D eigenvalue weighted by atomic mass is 10.1. The molecular formula is C21H38O4. The molecule has 1 unspecified atom stereocenters. The van der Waals surface area contributed by atoms with Crippen LogP contribution in [0, 0.1) is 5.92 Å². The highest BCUT2D eigenvalue weighted by molar-refractivity contribution is 5.81. The third kappa shape index (κ3) is 22.4. The number of rotatable bonds is 14. The Labute approximate surface area is 154 Å². The summed E-state index contributed by atoms with van der Waals surface area (Å²) in [6, 6.07) is 0. The van der Waals surface area contributed by atoms with E-state index in [0.29, 0.717) is 19.1 Å². The van der Waals surface area contributed by atoms with Crippen LogP contribution in [0.1, 0.15) is 78.6 Å². The van der Waals surface area contributed by atoms with E-state index in [2.05, 4.69) is 33.9 Å². The van der Waals surface area contributed by atoms with Crippen LogP contribution in [0.3, 0.4) is 0 Å². The molecule has 0 aromatic rings. The first kappa shape index (κ1) is 25.7. The van der Waals surface area contributed by atoms with Crippen molar-refractivity contribution < 1.29 is 19.1 Å². The SMILES string of the molecule is C=CC(=O)OCC(C)CCCC.C=CC(=O)OCCCCCCCC. The van der Waals surface area contributed by atoms with Gasteiger partial charge >= 0.3 is 11.9 Å². The smallest absolute Gasteiger partial charge is 0.330 e. The number of hydrogen-bond acceptors (Lipinski definition) is 4. The maximum atomic E-state index is 10.6. The average molecular weight is 355 g/mol. The fraction of sp³-hybridized carbons (Fsp3) is 0.714. The van der Waals surface area contributed by atoms with Crippen LogP contribution < -0.4 is 0 Å². The number of esters is 2. The summed E-state index contributed by atoms with van der Waals surface area (Å²) < 4.78 is 9.73. The molecule has 0 saturated carbocycles. The third-order valence-electron chi connectivity index (χ3n) is 3.64. The van der Waals surface area contributed by atoms with Crippen LogP contribution in [0.4, 0.5) is 0 Å². The Balaban J connectivity index is 0. The zero-order chi connectivity index (χ0) is 19.3. The number of carbonyl (C=O) groups is 2. The van der Waals surface area contributed by atoms with Crippen molar-refractivity contribution in [3.8, 4) is 0 Å². The highest BCUT2D eigenvalue weighted by atomic mass is 16.5. The fourth-order valence-electron chi connectivity index (χ4n) is 2.03. The van der Waals surface area contributed by atoms with Gasteiger partial charge in [0.2, 0.25) is 0 Å². The molecular weight excluding hydrogens is 316 g/mol. The zero-order valence-corrected chi connectivity index (χ0v) is 16.6. The molecule has 4 heteroatoms. The van der Waals surface area contributed by atoms with Crippen molar-refractivity contribution in [1.29, 1.82) is 0 Å². The Kier molecular flexibility index (Phi) is 21.0. The van der Waals surface area contributed by atoms with E-state index >= 15 is 0 Å². The number of unbranched alkanes of at least 4 members (excludes halogenated alkanes) is 6. The Hall–Kier alpha value is -1.58. The lowest BCUT2D eigenvalue weighted by molar-refractivity contribution is -0.139. The zero-order valence-electron chi connectivity index (χ0n) is 16.6. The summed E-state index contributed by atoms with van der Waals surface area (Å²) in [7, 11) is 0. The summed E-state index contributed by atoms with van der Waals surface area (Å²) in [5, 5.41) is 0. The minimum absolute atomic E-state index is 0.312. The molecule has 0 aromatic heterocycles. The summed E-state index contributed by atoms with van der Waals surface area (Å²) >= 11 is 0. The quantitative estimate of drug-likeness (QED) is 0.231. The van der Waals surface area contributed by atoms with Crippen LogP contribution in [0.25, 0.3) is 0 Å². The first-order valence-corrected chi connectivity index (χ1v) is 9.60. The number of ether oxygens (including phenoxy) is 2. The monoisotopic (exact) mass is 354 g/mol. The standard InChI is InChI=1S/C11H20O2.C10H18O2/c1-3-5-6-7-8-9-10-13-11(12)4-2;1-4-6-7-9(3)8-12-10(11)5-2/h4H,2-3,5-10H2,1H3;5,9H,2,4,6-8H2,1,3H3. The largest absolute Gasteiger partial charge is 0.463 e. The van der Waals surface area contributed by atoms with Crippen LogP contribution in [0.2, 0.25) is 0 Å². The van der Waals surface area contributed by atoms with E-state index in [9.17, 15) is 9.59 Å². The summed E-state index contributed by atoms with van der Waals surface area (Å²) in [5.74, 6) is -0.166. The van der Waals surface area contributed by atoms with Gasteiger partial charge in [0.25, 0.3) is 0 Å². The van der Waals surface area contributed by atoms with Gasteiger partial charge in [0.15, 0.2) is 0 Å². The van der Waals surface area contributed by atoms with Crippen LogP contribution >= 0.6 is 0 Å². The van der Waals surface area contributed by atoms with Gasteiger partial charge in [0.05, 0.1) is 13.2 Å². The molecule has 0 bridgehead atoms. The minimum atomic E-state index is -0.321. The second kappa shape index (κ2) is 20.5. The first-order chi connectivity index (χ1) is 12.0. The van der Waals surface area contributed by atoms with Crippen molar-refractivity contribution >= 4 is 11.9 Å². The maximum absolute atomic E-state index is 10.6. The van der Waals surface area contributed by atoms with Crippen LogP contribution in [0.15, 0.2) is 25.3 Å². The van der Waals surface area contributed by atoms with Gasteiger partial charge < -0.3 is 9.47 Å². The summed E-state index contributed by atoms with van der Waals surface area (Å²) in [6.07, 6.45) is 13.2. The van der Waals surface area contributed by atoms with Gasteiger partial charge in [-0.1, -0.05) is 78.9 Å². The van der Waals surface area contributed by atoms with Crippen molar-refractivity contribution in [2.75, 3.05) is 13.2 Å². The van der Waals surface area contributed by atoms with Crippen molar-refractivity contribution in [1.82, 2.24) is 0 Å². The molecule has 146 valence electrons. The van der Waals surface area contributed by atoms with E-state index in [0.717, 1.165) is 19.3 Å². The molecule has 25 heavy (non-hydrogen) atoms. The fourth-order valence-corrected chi connectivity index (χ4v) is 2.03. The molecule has 0 rings (SSSR count). The molecule has 0 spiro atoms. The molecule has 0 amide bonds. The van der Waals surface area contributed by atoms with Crippen LogP contribution in [-0.2, 0) is 19.1 Å². The molecule has 0 aliphatic carbocycles. The first-order valence-electron chi connectivity index (χ1n) is 9.60. The second-order valence-corrected chi connectivity index (χ2v) is 6.22. The van der Waals surface area contributed by atoms with Gasteiger partial charge in [-0.2, -0.15) is 0 Å². The summed E-state index contributed by atoms with van der Waals surface area (Å²) in [5.41, 5.74) is 0. The van der Waals surface area contributed by atoms with Crippen LogP contribution in [-0.4, -0.2) is 25.2 Å². The molecule has 0 radical (unpaired) electrons. The Morgan fingerprint density at radius 2 is 1.36 bits per heavy atom. The van der Waals surface area contributed by atoms with E-state index in [1.165, 1.54) is 50.7 Å². The third-order valence-corrected chi connectivity index (χ3v) is 3.64. The molecule has 0 aliphatic heterocycles. The molecule has 0 aromatic carbocycles. The highest BCUT2D eigenvalue weighted by Gasteiger charge is 2.03. The van der Waals surface area contributed by atoms with Gasteiger partial charge in [-0.3, -0.25) is 0 Å². The molecule has 0 aliphatic rings. The topological polar surface area (TPSA) is 52.6 Å². The van der Waals surface area contributed by atoms with Crippen molar-refractivity contribution in [2.24, 2.45) is 5.92 Å². The van der Waals surface area contributed by atoms with E-state index in [1.54, 1.807) is 0 Å². The van der Waals surface area contributed by atoms with E-state index in [-0.39, 0.29) is 11.9 Å². The lowest BCUT2D eigenvalue weighted by Gasteiger charge is -2.09. The lowest BCUT2D eigenvalue weighted by Crippen LogP contribution is -2.09. The normalized spacial score (nSPS) is 10.8. The van der Waals surface area contributed by atoms with Crippen molar-refractivity contribution in [3.63, 3.8) is 0 Å². The Bertz CT molecular complexity index is 350. The van der Waals surface area contributed by atoms with E-state index < -0.39 is 0 Å². The predicted molar refractivity (Wildman–Crippen MR) is 104 cm³/mol.